The number of hydrogen-bond donors (Lipinski definition) is 1. The summed E-state index contributed by atoms with van der Waals surface area (Å²) < 4.78 is 24.7. The van der Waals surface area contributed by atoms with Gasteiger partial charge in [0.1, 0.15) is 11.6 Å². The van der Waals surface area contributed by atoms with E-state index >= 15 is 0 Å². The zero-order valence-electron chi connectivity index (χ0n) is 12.2. The minimum absolute atomic E-state index is 0.403. The van der Waals surface area contributed by atoms with Gasteiger partial charge in [0.25, 0.3) is 0 Å². The van der Waals surface area contributed by atoms with Gasteiger partial charge in [-0.25, -0.2) is 4.39 Å². The molecular weight excluding hydrogens is 271 g/mol. The third-order valence-electron chi connectivity index (χ3n) is 2.95. The lowest BCUT2D eigenvalue weighted by atomic mass is 10.1. The highest BCUT2D eigenvalue weighted by Gasteiger charge is 2.13. The fraction of sp³-hybridized carbons (Fsp3) is 0.294. The lowest BCUT2D eigenvalue weighted by Gasteiger charge is -2.15. The Balaban J connectivity index is 2.30. The molecule has 0 saturated heterocycles. The molecule has 0 fully saturated rings. The van der Waals surface area contributed by atoms with Crippen LogP contribution < -0.4 is 9.47 Å². The normalized spacial score (nSPS) is 12.0. The highest BCUT2D eigenvalue weighted by molar-refractivity contribution is 5.45. The van der Waals surface area contributed by atoms with E-state index in [4.69, 9.17) is 9.47 Å². The molecule has 0 radical (unpaired) electrons. The molecule has 0 aliphatic carbocycles. The number of rotatable bonds is 6. The summed E-state index contributed by atoms with van der Waals surface area (Å²) in [6, 6.07) is 11.4. The highest BCUT2D eigenvalue weighted by Crippen LogP contribution is 2.35. The molecular formula is C17H19FO3. The molecule has 2 rings (SSSR count). The Morgan fingerprint density at radius 2 is 1.81 bits per heavy atom. The van der Waals surface area contributed by atoms with Gasteiger partial charge in [0, 0.05) is 5.56 Å². The van der Waals surface area contributed by atoms with Gasteiger partial charge in [0.2, 0.25) is 0 Å². The number of aliphatic hydroxyl groups is 1. The molecule has 0 bridgehead atoms. The maximum absolute atomic E-state index is 13.3. The zero-order valence-corrected chi connectivity index (χ0v) is 12.2. The second kappa shape index (κ2) is 7.09. The smallest absolute Gasteiger partial charge is 0.169 e. The summed E-state index contributed by atoms with van der Waals surface area (Å²) in [5.41, 5.74) is 0.403. The van der Waals surface area contributed by atoms with Gasteiger partial charge in [0.15, 0.2) is 11.5 Å². The van der Waals surface area contributed by atoms with Crippen LogP contribution in [0.25, 0.3) is 0 Å². The van der Waals surface area contributed by atoms with Crippen molar-refractivity contribution in [2.24, 2.45) is 0 Å². The quantitative estimate of drug-likeness (QED) is 0.853. The van der Waals surface area contributed by atoms with Crippen LogP contribution in [0.1, 0.15) is 31.9 Å². The molecule has 112 valence electrons. The number of aliphatic hydroxyl groups excluding tert-OH is 1. The Hall–Kier alpha value is -2.07. The van der Waals surface area contributed by atoms with Crippen LogP contribution in [0, 0.1) is 5.82 Å². The van der Waals surface area contributed by atoms with Gasteiger partial charge in [0.05, 0.1) is 12.7 Å². The zero-order chi connectivity index (χ0) is 15.2. The predicted octanol–water partition coefficient (Wildman–Crippen LogP) is 4.46. The third-order valence-corrected chi connectivity index (χ3v) is 2.95. The van der Waals surface area contributed by atoms with Crippen molar-refractivity contribution in [1.29, 1.82) is 0 Å². The standard InChI is InChI=1S/C17H19FO3/c1-3-10-20-16-6-4-5-7-17(16)21-15-9-8-13(18)11-14(15)12(2)19/h4-9,11-12,19H,3,10H2,1-2H3. The summed E-state index contributed by atoms with van der Waals surface area (Å²) in [7, 11) is 0. The molecule has 0 aliphatic heterocycles. The second-order valence-corrected chi connectivity index (χ2v) is 4.76. The number of hydrogen-bond acceptors (Lipinski definition) is 3. The van der Waals surface area contributed by atoms with Crippen molar-refractivity contribution in [2.45, 2.75) is 26.4 Å². The number of halogens is 1. The molecule has 1 atom stereocenters. The average Bonchev–Trinajstić information content (AvgIpc) is 2.48. The van der Waals surface area contributed by atoms with Crippen LogP contribution >= 0.6 is 0 Å². The summed E-state index contributed by atoms with van der Waals surface area (Å²) in [5.74, 6) is 1.17. The average molecular weight is 290 g/mol. The fourth-order valence-corrected chi connectivity index (χ4v) is 1.92. The summed E-state index contributed by atoms with van der Waals surface area (Å²) in [6.45, 7) is 4.18. The SMILES string of the molecule is CCCOc1ccccc1Oc1ccc(F)cc1C(C)O. The second-order valence-electron chi connectivity index (χ2n) is 4.76. The van der Waals surface area contributed by atoms with Gasteiger partial charge >= 0.3 is 0 Å². The maximum Gasteiger partial charge on any atom is 0.169 e. The molecule has 1 unspecified atom stereocenters. The molecule has 0 saturated carbocycles. The summed E-state index contributed by atoms with van der Waals surface area (Å²) in [4.78, 5) is 0. The van der Waals surface area contributed by atoms with Gasteiger partial charge in [-0.15, -0.1) is 0 Å². The molecule has 0 aliphatic rings. The van der Waals surface area contributed by atoms with Crippen LogP contribution in [0.3, 0.4) is 0 Å². The molecule has 4 heteroatoms. The number of para-hydroxylation sites is 2. The van der Waals surface area contributed by atoms with Crippen LogP contribution in [-0.4, -0.2) is 11.7 Å². The molecule has 21 heavy (non-hydrogen) atoms. The molecule has 2 aromatic rings. The third kappa shape index (κ3) is 3.95. The Morgan fingerprint density at radius 3 is 2.48 bits per heavy atom. The van der Waals surface area contributed by atoms with Crippen LogP contribution in [0.15, 0.2) is 42.5 Å². The first kappa shape index (κ1) is 15.3. The molecule has 0 aromatic heterocycles. The molecule has 0 heterocycles. The van der Waals surface area contributed by atoms with E-state index in [1.54, 1.807) is 13.0 Å². The van der Waals surface area contributed by atoms with Crippen molar-refractivity contribution >= 4 is 0 Å². The Kier molecular flexibility index (Phi) is 5.17. The van der Waals surface area contributed by atoms with Crippen LogP contribution in [0.4, 0.5) is 4.39 Å². The predicted molar refractivity (Wildman–Crippen MR) is 79.3 cm³/mol. The van der Waals surface area contributed by atoms with E-state index in [0.29, 0.717) is 29.4 Å². The number of ether oxygens (including phenoxy) is 2. The van der Waals surface area contributed by atoms with Crippen molar-refractivity contribution in [2.75, 3.05) is 6.61 Å². The van der Waals surface area contributed by atoms with E-state index < -0.39 is 11.9 Å². The van der Waals surface area contributed by atoms with Gasteiger partial charge in [-0.2, -0.15) is 0 Å². The van der Waals surface area contributed by atoms with Crippen molar-refractivity contribution in [3.8, 4) is 17.2 Å². The Bertz CT molecular complexity index is 596. The fourth-order valence-electron chi connectivity index (χ4n) is 1.92. The number of benzene rings is 2. The Labute approximate surface area is 124 Å². The van der Waals surface area contributed by atoms with Crippen molar-refractivity contribution in [3.05, 3.63) is 53.8 Å². The van der Waals surface area contributed by atoms with Crippen LogP contribution in [0.5, 0.6) is 17.2 Å². The topological polar surface area (TPSA) is 38.7 Å². The largest absolute Gasteiger partial charge is 0.490 e. The maximum atomic E-state index is 13.3. The first-order chi connectivity index (χ1) is 10.1. The minimum Gasteiger partial charge on any atom is -0.490 e. The minimum atomic E-state index is -0.820. The molecule has 3 nitrogen and oxygen atoms in total. The Morgan fingerprint density at radius 1 is 1.10 bits per heavy atom. The van der Waals surface area contributed by atoms with E-state index in [1.807, 2.05) is 25.1 Å². The van der Waals surface area contributed by atoms with E-state index in [1.165, 1.54) is 18.2 Å². The first-order valence-electron chi connectivity index (χ1n) is 6.99. The van der Waals surface area contributed by atoms with Gasteiger partial charge in [-0.3, -0.25) is 0 Å². The highest BCUT2D eigenvalue weighted by atomic mass is 19.1. The van der Waals surface area contributed by atoms with Crippen molar-refractivity contribution < 1.29 is 19.0 Å². The first-order valence-corrected chi connectivity index (χ1v) is 6.99. The van der Waals surface area contributed by atoms with E-state index in [2.05, 4.69) is 0 Å². The van der Waals surface area contributed by atoms with Crippen molar-refractivity contribution in [3.63, 3.8) is 0 Å². The van der Waals surface area contributed by atoms with Gasteiger partial charge in [-0.1, -0.05) is 19.1 Å². The van der Waals surface area contributed by atoms with E-state index in [0.717, 1.165) is 6.42 Å². The van der Waals surface area contributed by atoms with Gasteiger partial charge in [-0.05, 0) is 43.7 Å². The molecule has 1 N–H and O–H groups in total. The van der Waals surface area contributed by atoms with Crippen LogP contribution in [0.2, 0.25) is 0 Å². The van der Waals surface area contributed by atoms with E-state index in [-0.39, 0.29) is 0 Å². The summed E-state index contributed by atoms with van der Waals surface area (Å²) in [5, 5.41) is 9.74. The summed E-state index contributed by atoms with van der Waals surface area (Å²) in [6.07, 6.45) is 0.0727. The lowest BCUT2D eigenvalue weighted by molar-refractivity contribution is 0.194. The summed E-state index contributed by atoms with van der Waals surface area (Å²) >= 11 is 0. The van der Waals surface area contributed by atoms with Crippen LogP contribution in [-0.2, 0) is 0 Å². The van der Waals surface area contributed by atoms with Crippen molar-refractivity contribution in [1.82, 2.24) is 0 Å². The molecule has 0 amide bonds. The lowest BCUT2D eigenvalue weighted by Crippen LogP contribution is -2.00. The van der Waals surface area contributed by atoms with Gasteiger partial charge < -0.3 is 14.6 Å². The van der Waals surface area contributed by atoms with E-state index in [9.17, 15) is 9.50 Å². The molecule has 0 spiro atoms. The molecule has 2 aromatic carbocycles. The monoisotopic (exact) mass is 290 g/mol.